The molecule has 2 aromatic carbocycles. The Morgan fingerprint density at radius 2 is 1.89 bits per heavy atom. The van der Waals surface area contributed by atoms with Crippen LogP contribution in [0.2, 0.25) is 0 Å². The van der Waals surface area contributed by atoms with Gasteiger partial charge in [-0.3, -0.25) is 4.79 Å². The van der Waals surface area contributed by atoms with Crippen molar-refractivity contribution in [1.82, 2.24) is 4.57 Å². The van der Waals surface area contributed by atoms with Gasteiger partial charge >= 0.3 is 0 Å². The van der Waals surface area contributed by atoms with E-state index in [-0.39, 0.29) is 16.6 Å². The molecular weight excluding hydrogens is 384 g/mol. The molecule has 0 atom stereocenters. The van der Waals surface area contributed by atoms with Gasteiger partial charge < -0.3 is 9.88 Å². The molecule has 4 rings (SSSR count). The fourth-order valence-electron chi connectivity index (χ4n) is 2.61. The average Bonchev–Trinajstić information content (AvgIpc) is 3.17. The first-order chi connectivity index (χ1) is 12.9. The SMILES string of the molecule is Cn1ccsc1=NC(=O)c1ccc(NC2=NS(=O)(=O)c3ccccc32)cc1. The molecule has 1 aliphatic heterocycles. The van der Waals surface area contributed by atoms with Crippen LogP contribution in [-0.2, 0) is 17.1 Å². The van der Waals surface area contributed by atoms with E-state index in [0.717, 1.165) is 0 Å². The smallest absolute Gasteiger partial charge is 0.285 e. The number of carbonyl (C=O) groups is 1. The van der Waals surface area contributed by atoms with Crippen molar-refractivity contribution in [3.63, 3.8) is 0 Å². The summed E-state index contributed by atoms with van der Waals surface area (Å²) in [5.74, 6) is -0.0781. The van der Waals surface area contributed by atoms with E-state index in [1.165, 1.54) is 17.4 Å². The van der Waals surface area contributed by atoms with Crippen LogP contribution in [0.4, 0.5) is 5.69 Å². The molecule has 2 heterocycles. The number of nitrogens with zero attached hydrogens (tertiary/aromatic N) is 3. The molecule has 7 nitrogen and oxygen atoms in total. The number of hydrogen-bond acceptors (Lipinski definition) is 5. The summed E-state index contributed by atoms with van der Waals surface area (Å²) in [5, 5.41) is 4.85. The molecule has 1 N–H and O–H groups in total. The summed E-state index contributed by atoms with van der Waals surface area (Å²) < 4.78 is 29.7. The molecule has 0 bridgehead atoms. The van der Waals surface area contributed by atoms with Crippen LogP contribution >= 0.6 is 11.3 Å². The summed E-state index contributed by atoms with van der Waals surface area (Å²) in [5.41, 5.74) is 1.59. The Hall–Kier alpha value is -3.04. The lowest BCUT2D eigenvalue weighted by molar-refractivity contribution is 0.0998. The number of amides is 1. The highest BCUT2D eigenvalue weighted by molar-refractivity contribution is 7.90. The predicted molar refractivity (Wildman–Crippen MR) is 103 cm³/mol. The summed E-state index contributed by atoms with van der Waals surface area (Å²) in [7, 11) is -1.85. The van der Waals surface area contributed by atoms with E-state index in [1.54, 1.807) is 47.0 Å². The van der Waals surface area contributed by atoms with Crippen LogP contribution in [0, 0.1) is 0 Å². The van der Waals surface area contributed by atoms with Gasteiger partial charge in [-0.25, -0.2) is 0 Å². The number of benzene rings is 2. The maximum Gasteiger partial charge on any atom is 0.285 e. The molecule has 9 heteroatoms. The van der Waals surface area contributed by atoms with Gasteiger partial charge in [-0.15, -0.1) is 15.7 Å². The number of rotatable bonds is 2. The van der Waals surface area contributed by atoms with Gasteiger partial charge in [0, 0.05) is 35.4 Å². The van der Waals surface area contributed by atoms with E-state index in [1.807, 2.05) is 18.6 Å². The minimum Gasteiger partial charge on any atom is -0.339 e. The van der Waals surface area contributed by atoms with Crippen molar-refractivity contribution in [2.75, 3.05) is 5.32 Å². The first-order valence-electron chi connectivity index (χ1n) is 7.95. The zero-order chi connectivity index (χ0) is 19.0. The minimum absolute atomic E-state index is 0.182. The molecule has 0 radical (unpaired) electrons. The summed E-state index contributed by atoms with van der Waals surface area (Å²) >= 11 is 1.38. The molecule has 0 spiro atoms. The highest BCUT2D eigenvalue weighted by Gasteiger charge is 2.28. The number of amidine groups is 1. The van der Waals surface area contributed by atoms with Crippen LogP contribution in [0.15, 0.2) is 74.4 Å². The van der Waals surface area contributed by atoms with E-state index < -0.39 is 10.0 Å². The van der Waals surface area contributed by atoms with Crippen LogP contribution in [-0.4, -0.2) is 24.7 Å². The minimum atomic E-state index is -3.67. The lowest BCUT2D eigenvalue weighted by Gasteiger charge is -2.06. The van der Waals surface area contributed by atoms with Gasteiger partial charge in [0.25, 0.3) is 15.9 Å². The van der Waals surface area contributed by atoms with Gasteiger partial charge in [0.1, 0.15) is 4.90 Å². The van der Waals surface area contributed by atoms with Crippen molar-refractivity contribution >= 4 is 38.8 Å². The maximum absolute atomic E-state index is 12.3. The van der Waals surface area contributed by atoms with Crippen LogP contribution in [0.5, 0.6) is 0 Å². The molecule has 27 heavy (non-hydrogen) atoms. The quantitative estimate of drug-likeness (QED) is 0.717. The topological polar surface area (TPSA) is 92.9 Å². The second-order valence-corrected chi connectivity index (χ2v) is 8.27. The average molecular weight is 398 g/mol. The first kappa shape index (κ1) is 17.4. The monoisotopic (exact) mass is 398 g/mol. The van der Waals surface area contributed by atoms with Crippen molar-refractivity contribution in [1.29, 1.82) is 0 Å². The molecule has 0 aliphatic carbocycles. The van der Waals surface area contributed by atoms with Crippen molar-refractivity contribution in [2.24, 2.45) is 16.4 Å². The Bertz CT molecular complexity index is 1240. The summed E-state index contributed by atoms with van der Waals surface area (Å²) in [6.07, 6.45) is 1.83. The molecule has 0 saturated heterocycles. The number of sulfonamides is 1. The lowest BCUT2D eigenvalue weighted by atomic mass is 10.1. The zero-order valence-electron chi connectivity index (χ0n) is 14.2. The van der Waals surface area contributed by atoms with Crippen molar-refractivity contribution in [3.8, 4) is 0 Å². The molecule has 1 amide bonds. The Morgan fingerprint density at radius 3 is 2.59 bits per heavy atom. The molecule has 0 saturated carbocycles. The second kappa shape index (κ2) is 6.60. The lowest BCUT2D eigenvalue weighted by Crippen LogP contribution is -2.13. The molecule has 0 unspecified atom stereocenters. The molecule has 3 aromatic rings. The zero-order valence-corrected chi connectivity index (χ0v) is 15.8. The van der Waals surface area contributed by atoms with E-state index in [2.05, 4.69) is 14.7 Å². The van der Waals surface area contributed by atoms with Gasteiger partial charge in [-0.2, -0.15) is 13.4 Å². The third-order valence-electron chi connectivity index (χ3n) is 3.98. The van der Waals surface area contributed by atoms with Gasteiger partial charge in [-0.1, -0.05) is 12.1 Å². The van der Waals surface area contributed by atoms with Crippen LogP contribution in [0.25, 0.3) is 0 Å². The van der Waals surface area contributed by atoms with Crippen molar-refractivity contribution in [2.45, 2.75) is 4.90 Å². The fraction of sp³-hybridized carbons (Fsp3) is 0.0556. The van der Waals surface area contributed by atoms with E-state index in [9.17, 15) is 13.2 Å². The highest BCUT2D eigenvalue weighted by atomic mass is 32.2. The van der Waals surface area contributed by atoms with Crippen LogP contribution in [0.1, 0.15) is 15.9 Å². The Morgan fingerprint density at radius 1 is 1.15 bits per heavy atom. The Balaban J connectivity index is 1.58. The van der Waals surface area contributed by atoms with Crippen molar-refractivity contribution in [3.05, 3.63) is 76.0 Å². The van der Waals surface area contributed by atoms with E-state index >= 15 is 0 Å². The number of fused-ring (bicyclic) bond motifs is 1. The number of carbonyl (C=O) groups excluding carboxylic acids is 1. The Labute approximate surface area is 159 Å². The number of aryl methyl sites for hydroxylation is 1. The number of thiazole rings is 1. The molecule has 136 valence electrons. The normalized spacial score (nSPS) is 15.3. The number of anilines is 1. The summed E-state index contributed by atoms with van der Waals surface area (Å²) in [6.45, 7) is 0. The second-order valence-electron chi connectivity index (χ2n) is 5.83. The van der Waals surface area contributed by atoms with Crippen LogP contribution in [0.3, 0.4) is 0 Å². The highest BCUT2D eigenvalue weighted by Crippen LogP contribution is 2.26. The fourth-order valence-corrected chi connectivity index (χ4v) is 4.52. The third-order valence-corrected chi connectivity index (χ3v) is 6.17. The molecule has 0 fully saturated rings. The van der Waals surface area contributed by atoms with Gasteiger partial charge in [-0.05, 0) is 36.4 Å². The maximum atomic E-state index is 12.3. The molecule has 1 aromatic heterocycles. The third kappa shape index (κ3) is 3.34. The molecule has 1 aliphatic rings. The first-order valence-corrected chi connectivity index (χ1v) is 10.3. The molecular formula is C18H14N4O3S2. The van der Waals surface area contributed by atoms with Crippen LogP contribution < -0.4 is 10.1 Å². The largest absolute Gasteiger partial charge is 0.339 e. The Kier molecular flexibility index (Phi) is 4.25. The van der Waals surface area contributed by atoms with Crippen molar-refractivity contribution < 1.29 is 13.2 Å². The van der Waals surface area contributed by atoms with Gasteiger partial charge in [0.15, 0.2) is 10.6 Å². The number of aromatic nitrogens is 1. The summed E-state index contributed by atoms with van der Waals surface area (Å²) in [4.78, 5) is 17.2. The summed E-state index contributed by atoms with van der Waals surface area (Å²) in [6, 6.07) is 13.3. The van der Waals surface area contributed by atoms with E-state index in [0.29, 0.717) is 21.6 Å². The van der Waals surface area contributed by atoms with E-state index in [4.69, 9.17) is 0 Å². The number of hydrogen-bond donors (Lipinski definition) is 1. The predicted octanol–water partition coefficient (Wildman–Crippen LogP) is 2.39. The standard InChI is InChI=1S/C18H14N4O3S2/c1-22-10-11-26-18(22)20-17(23)12-6-8-13(9-7-12)19-16-14-4-2-3-5-15(14)27(24,25)21-16/h2-11H,1H3,(H,19,21). The van der Waals surface area contributed by atoms with Gasteiger partial charge in [0.05, 0.1) is 0 Å². The number of nitrogens with one attached hydrogen (secondary N) is 1. The van der Waals surface area contributed by atoms with Gasteiger partial charge in [0.2, 0.25) is 0 Å².